The quantitative estimate of drug-likeness (QED) is 0.637. The molecule has 3 heterocycles. The van der Waals surface area contributed by atoms with Gasteiger partial charge in [0.2, 0.25) is 0 Å². The Hall–Kier alpha value is -3.06. The smallest absolute Gasteiger partial charge is 0.190 e. The molecule has 2 aromatic rings. The molecule has 1 saturated heterocycles. The Kier molecular flexibility index (Phi) is 5.15. The van der Waals surface area contributed by atoms with Crippen LogP contribution >= 0.6 is 0 Å². The van der Waals surface area contributed by atoms with Crippen LogP contribution in [0.1, 0.15) is 37.1 Å². The number of aliphatic hydroxyl groups is 1. The number of aromatic nitrogens is 2. The number of rotatable bonds is 3. The summed E-state index contributed by atoms with van der Waals surface area (Å²) >= 11 is 0. The predicted octanol–water partition coefficient (Wildman–Crippen LogP) is 3.74. The Balaban J connectivity index is 1.70. The minimum absolute atomic E-state index is 0.248. The number of pyridine rings is 2. The van der Waals surface area contributed by atoms with Gasteiger partial charge in [0.25, 0.3) is 0 Å². The summed E-state index contributed by atoms with van der Waals surface area (Å²) in [6.45, 7) is 3.18. The van der Waals surface area contributed by atoms with E-state index >= 15 is 0 Å². The van der Waals surface area contributed by atoms with Crippen molar-refractivity contribution in [1.29, 1.82) is 5.41 Å². The van der Waals surface area contributed by atoms with Crippen molar-refractivity contribution in [3.63, 3.8) is 0 Å². The van der Waals surface area contributed by atoms with Crippen LogP contribution in [0.15, 0.2) is 53.7 Å². The van der Waals surface area contributed by atoms with Crippen LogP contribution in [0.5, 0.6) is 0 Å². The third kappa shape index (κ3) is 3.65. The second kappa shape index (κ2) is 7.75. The average Bonchev–Trinajstić information content (AvgIpc) is 2.73. The molecule has 29 heavy (non-hydrogen) atoms. The number of nitrogens with zero attached hydrogens (tertiary/aromatic N) is 2. The fourth-order valence-corrected chi connectivity index (χ4v) is 3.93. The molecule has 2 aliphatic rings. The van der Waals surface area contributed by atoms with Gasteiger partial charge in [0, 0.05) is 42.0 Å². The van der Waals surface area contributed by atoms with E-state index in [1.165, 1.54) is 6.20 Å². The number of allylic oxidation sites excluding steroid dienone is 4. The summed E-state index contributed by atoms with van der Waals surface area (Å²) < 4.78 is 14.3. The molecular formula is C22H24FN5O. The molecule has 1 fully saturated rings. The fourth-order valence-electron chi connectivity index (χ4n) is 3.93. The third-order valence-corrected chi connectivity index (χ3v) is 5.45. The van der Waals surface area contributed by atoms with E-state index in [9.17, 15) is 9.50 Å². The van der Waals surface area contributed by atoms with E-state index in [0.29, 0.717) is 28.7 Å². The van der Waals surface area contributed by atoms with Crippen molar-refractivity contribution in [2.45, 2.75) is 31.7 Å². The van der Waals surface area contributed by atoms with Crippen LogP contribution in [-0.2, 0) is 0 Å². The summed E-state index contributed by atoms with van der Waals surface area (Å²) in [6, 6.07) is 7.99. The molecule has 0 saturated carbocycles. The van der Waals surface area contributed by atoms with Crippen LogP contribution in [0, 0.1) is 5.41 Å². The molecule has 0 radical (unpaired) electrons. The van der Waals surface area contributed by atoms with Crippen LogP contribution in [0.2, 0.25) is 0 Å². The molecule has 0 amide bonds. The van der Waals surface area contributed by atoms with Crippen molar-refractivity contribution >= 4 is 22.3 Å². The van der Waals surface area contributed by atoms with E-state index in [0.717, 1.165) is 30.6 Å². The number of halogens is 1. The zero-order chi connectivity index (χ0) is 20.5. The second-order valence-corrected chi connectivity index (χ2v) is 7.53. The normalized spacial score (nSPS) is 24.2. The molecule has 1 aliphatic heterocycles. The highest BCUT2D eigenvalue weighted by Crippen LogP contribution is 2.32. The first-order valence-corrected chi connectivity index (χ1v) is 9.77. The Morgan fingerprint density at radius 3 is 2.76 bits per heavy atom. The lowest BCUT2D eigenvalue weighted by Crippen LogP contribution is -2.35. The van der Waals surface area contributed by atoms with Crippen LogP contribution in [-0.4, -0.2) is 40.4 Å². The molecule has 150 valence electrons. The molecule has 0 spiro atoms. The Bertz CT molecular complexity index is 1070. The fraction of sp³-hybridized carbons (Fsp3) is 0.318. The van der Waals surface area contributed by atoms with Gasteiger partial charge in [-0.3, -0.25) is 10.4 Å². The Morgan fingerprint density at radius 2 is 2.00 bits per heavy atom. The number of piperidine rings is 1. The number of fused-ring (bicyclic) bond motifs is 1. The standard InChI is InChI=1S/C22H24FN5O/c1-12-9-13(7-8-26-12)16-3-5-19-18(27-16)6-4-17(28-19)15-10-14(11-25-2)21(24)20(23)22(15)29/h3-6,10-13,24-26,29H,7-9H2,1-2H3/b14-11-,24-21?. The highest BCUT2D eigenvalue weighted by molar-refractivity contribution is 6.16. The van der Waals surface area contributed by atoms with E-state index in [-0.39, 0.29) is 11.3 Å². The van der Waals surface area contributed by atoms with Gasteiger partial charge in [0.05, 0.1) is 16.7 Å². The summed E-state index contributed by atoms with van der Waals surface area (Å²) in [4.78, 5) is 9.38. The third-order valence-electron chi connectivity index (χ3n) is 5.45. The summed E-state index contributed by atoms with van der Waals surface area (Å²) in [7, 11) is 1.67. The van der Waals surface area contributed by atoms with Gasteiger partial charge in [-0.1, -0.05) is 0 Å². The van der Waals surface area contributed by atoms with Crippen molar-refractivity contribution in [2.75, 3.05) is 13.6 Å². The first-order valence-electron chi connectivity index (χ1n) is 9.77. The highest BCUT2D eigenvalue weighted by Gasteiger charge is 2.26. The number of nitrogens with one attached hydrogen (secondary N) is 3. The van der Waals surface area contributed by atoms with E-state index < -0.39 is 11.6 Å². The molecule has 4 N–H and O–H groups in total. The first-order chi connectivity index (χ1) is 14.0. The van der Waals surface area contributed by atoms with Gasteiger partial charge in [-0.25, -0.2) is 9.37 Å². The van der Waals surface area contributed by atoms with Gasteiger partial charge in [0.1, 0.15) is 5.71 Å². The lowest BCUT2D eigenvalue weighted by atomic mass is 9.90. The minimum Gasteiger partial charge on any atom is -0.504 e. The molecule has 6 nitrogen and oxygen atoms in total. The largest absolute Gasteiger partial charge is 0.504 e. The lowest BCUT2D eigenvalue weighted by molar-refractivity contribution is 0.377. The summed E-state index contributed by atoms with van der Waals surface area (Å²) in [6.07, 6.45) is 5.19. The van der Waals surface area contributed by atoms with Crippen LogP contribution in [0.3, 0.4) is 0 Å². The summed E-state index contributed by atoms with van der Waals surface area (Å²) in [5.74, 6) is -1.10. The molecule has 2 aromatic heterocycles. The zero-order valence-corrected chi connectivity index (χ0v) is 16.5. The maximum absolute atomic E-state index is 14.3. The molecule has 0 aromatic carbocycles. The second-order valence-electron chi connectivity index (χ2n) is 7.53. The summed E-state index contributed by atoms with van der Waals surface area (Å²) in [5.41, 5.74) is 3.19. The van der Waals surface area contributed by atoms with Crippen molar-refractivity contribution in [2.24, 2.45) is 0 Å². The number of aliphatic hydroxyl groups excluding tert-OH is 1. The van der Waals surface area contributed by atoms with E-state index in [1.807, 2.05) is 18.2 Å². The van der Waals surface area contributed by atoms with E-state index in [1.54, 1.807) is 19.2 Å². The van der Waals surface area contributed by atoms with Crippen molar-refractivity contribution in [3.8, 4) is 0 Å². The van der Waals surface area contributed by atoms with Gasteiger partial charge in [-0.2, -0.15) is 0 Å². The maximum atomic E-state index is 14.3. The van der Waals surface area contributed by atoms with Gasteiger partial charge >= 0.3 is 0 Å². The maximum Gasteiger partial charge on any atom is 0.190 e. The zero-order valence-electron chi connectivity index (χ0n) is 16.5. The predicted molar refractivity (Wildman–Crippen MR) is 113 cm³/mol. The Morgan fingerprint density at radius 1 is 1.24 bits per heavy atom. The van der Waals surface area contributed by atoms with Gasteiger partial charge in [-0.05, 0) is 56.7 Å². The molecule has 2 unspecified atom stereocenters. The van der Waals surface area contributed by atoms with E-state index in [2.05, 4.69) is 22.5 Å². The minimum atomic E-state index is -0.959. The van der Waals surface area contributed by atoms with Crippen LogP contribution < -0.4 is 10.6 Å². The molecule has 0 bridgehead atoms. The van der Waals surface area contributed by atoms with Gasteiger partial charge in [-0.15, -0.1) is 0 Å². The van der Waals surface area contributed by atoms with Crippen molar-refractivity contribution in [3.05, 3.63) is 65.1 Å². The van der Waals surface area contributed by atoms with Crippen LogP contribution in [0.4, 0.5) is 4.39 Å². The van der Waals surface area contributed by atoms with Crippen molar-refractivity contribution in [1.82, 2.24) is 20.6 Å². The molecule has 4 rings (SSSR count). The molecule has 7 heteroatoms. The summed E-state index contributed by atoms with van der Waals surface area (Å²) in [5, 5.41) is 24.3. The van der Waals surface area contributed by atoms with Gasteiger partial charge < -0.3 is 15.7 Å². The van der Waals surface area contributed by atoms with Crippen molar-refractivity contribution < 1.29 is 9.50 Å². The van der Waals surface area contributed by atoms with Gasteiger partial charge in [0.15, 0.2) is 11.6 Å². The number of hydrogen-bond donors (Lipinski definition) is 4. The van der Waals surface area contributed by atoms with Crippen LogP contribution in [0.25, 0.3) is 16.6 Å². The topological polar surface area (TPSA) is 93.9 Å². The highest BCUT2D eigenvalue weighted by atomic mass is 19.1. The molecular weight excluding hydrogens is 369 g/mol. The SMILES string of the molecule is CN/C=C1/C=C(c2ccc3nc(C4CCNC(C)C4)ccc3n2)C(O)=C(F)C1=N. The Labute approximate surface area is 168 Å². The monoisotopic (exact) mass is 393 g/mol. The average molecular weight is 393 g/mol. The van der Waals surface area contributed by atoms with E-state index in [4.69, 9.17) is 10.4 Å². The molecule has 1 aliphatic carbocycles. The number of hydrogen-bond acceptors (Lipinski definition) is 6. The first kappa shape index (κ1) is 19.3. The molecule has 2 atom stereocenters. The lowest BCUT2D eigenvalue weighted by Gasteiger charge is -2.27.